The minimum absolute atomic E-state index is 0.578. The molecule has 0 saturated carbocycles. The van der Waals surface area contributed by atoms with Crippen LogP contribution in [-0.4, -0.2) is 31.9 Å². The van der Waals surface area contributed by atoms with E-state index < -0.39 is 0 Å². The molecule has 0 amide bonds. The van der Waals surface area contributed by atoms with Crippen molar-refractivity contribution in [1.29, 1.82) is 0 Å². The van der Waals surface area contributed by atoms with Gasteiger partial charge in [-0.15, -0.1) is 11.3 Å². The molecule has 1 N–H and O–H groups in total. The van der Waals surface area contributed by atoms with Crippen molar-refractivity contribution in [3.8, 4) is 0 Å². The molecular formula is C14H24N2O2S. The SMILES string of the molecule is CCCNCc1sc(C2CCOCC2)nc1COC. The molecule has 0 radical (unpaired) electrons. The summed E-state index contributed by atoms with van der Waals surface area (Å²) in [5.41, 5.74) is 1.11. The second-order valence-electron chi connectivity index (χ2n) is 4.92. The lowest BCUT2D eigenvalue weighted by atomic mass is 10.0. The number of hydrogen-bond acceptors (Lipinski definition) is 5. The first-order valence-electron chi connectivity index (χ1n) is 7.11. The maximum Gasteiger partial charge on any atom is 0.0965 e. The Balaban J connectivity index is 2.04. The molecule has 5 heteroatoms. The summed E-state index contributed by atoms with van der Waals surface area (Å²) in [7, 11) is 1.73. The van der Waals surface area contributed by atoms with E-state index >= 15 is 0 Å². The molecule has 0 unspecified atom stereocenters. The molecule has 19 heavy (non-hydrogen) atoms. The lowest BCUT2D eigenvalue weighted by Crippen LogP contribution is -2.14. The summed E-state index contributed by atoms with van der Waals surface area (Å²) < 4.78 is 10.7. The monoisotopic (exact) mass is 284 g/mol. The van der Waals surface area contributed by atoms with Gasteiger partial charge in [0.05, 0.1) is 17.3 Å². The number of hydrogen-bond donors (Lipinski definition) is 1. The highest BCUT2D eigenvalue weighted by Gasteiger charge is 2.21. The fourth-order valence-electron chi connectivity index (χ4n) is 2.29. The van der Waals surface area contributed by atoms with E-state index in [1.165, 1.54) is 9.88 Å². The van der Waals surface area contributed by atoms with Crippen LogP contribution in [0.25, 0.3) is 0 Å². The van der Waals surface area contributed by atoms with E-state index in [-0.39, 0.29) is 0 Å². The smallest absolute Gasteiger partial charge is 0.0965 e. The Morgan fingerprint density at radius 1 is 1.42 bits per heavy atom. The molecule has 1 aromatic heterocycles. The van der Waals surface area contributed by atoms with Gasteiger partial charge in [0.15, 0.2) is 0 Å². The van der Waals surface area contributed by atoms with Crippen LogP contribution < -0.4 is 5.32 Å². The number of nitrogens with zero attached hydrogens (tertiary/aromatic N) is 1. The zero-order valence-electron chi connectivity index (χ0n) is 11.9. The molecule has 1 aliphatic rings. The van der Waals surface area contributed by atoms with Gasteiger partial charge < -0.3 is 14.8 Å². The summed E-state index contributed by atoms with van der Waals surface area (Å²) >= 11 is 1.85. The molecule has 1 aliphatic heterocycles. The van der Waals surface area contributed by atoms with Crippen molar-refractivity contribution in [2.24, 2.45) is 0 Å². The first kappa shape index (κ1) is 14.9. The number of ether oxygens (including phenoxy) is 2. The third kappa shape index (κ3) is 4.24. The van der Waals surface area contributed by atoms with Crippen molar-refractivity contribution >= 4 is 11.3 Å². The first-order chi connectivity index (χ1) is 9.35. The van der Waals surface area contributed by atoms with Crippen molar-refractivity contribution in [2.45, 2.75) is 45.3 Å². The van der Waals surface area contributed by atoms with Crippen LogP contribution in [0.15, 0.2) is 0 Å². The van der Waals surface area contributed by atoms with Crippen LogP contribution in [0.4, 0.5) is 0 Å². The van der Waals surface area contributed by atoms with Crippen molar-refractivity contribution in [1.82, 2.24) is 10.3 Å². The van der Waals surface area contributed by atoms with Gasteiger partial charge in [-0.3, -0.25) is 0 Å². The van der Waals surface area contributed by atoms with Gasteiger partial charge in [-0.25, -0.2) is 4.98 Å². The maximum atomic E-state index is 5.43. The molecule has 0 bridgehead atoms. The molecule has 1 saturated heterocycles. The third-order valence-electron chi connectivity index (χ3n) is 3.36. The summed E-state index contributed by atoms with van der Waals surface area (Å²) in [6.07, 6.45) is 3.36. The van der Waals surface area contributed by atoms with Gasteiger partial charge in [0.1, 0.15) is 0 Å². The molecule has 1 fully saturated rings. The fourth-order valence-corrected chi connectivity index (χ4v) is 3.50. The Kier molecular flexibility index (Phi) is 6.23. The molecule has 1 aromatic rings. The second kappa shape index (κ2) is 7.94. The molecule has 0 atom stereocenters. The van der Waals surface area contributed by atoms with Gasteiger partial charge in [0.25, 0.3) is 0 Å². The zero-order valence-corrected chi connectivity index (χ0v) is 12.7. The van der Waals surface area contributed by atoms with Gasteiger partial charge in [-0.1, -0.05) is 6.92 Å². The van der Waals surface area contributed by atoms with E-state index in [1.54, 1.807) is 7.11 Å². The molecular weight excluding hydrogens is 260 g/mol. The molecule has 2 heterocycles. The van der Waals surface area contributed by atoms with E-state index in [1.807, 2.05) is 11.3 Å². The predicted molar refractivity (Wildman–Crippen MR) is 77.6 cm³/mol. The van der Waals surface area contributed by atoms with Gasteiger partial charge in [0.2, 0.25) is 0 Å². The van der Waals surface area contributed by atoms with Crippen LogP contribution >= 0.6 is 11.3 Å². The van der Waals surface area contributed by atoms with E-state index in [2.05, 4.69) is 12.2 Å². The topological polar surface area (TPSA) is 43.4 Å². The highest BCUT2D eigenvalue weighted by atomic mass is 32.1. The fraction of sp³-hybridized carbons (Fsp3) is 0.786. The largest absolute Gasteiger partial charge is 0.381 e. The standard InChI is InChI=1S/C14H24N2O2S/c1-3-6-15-9-13-12(10-17-2)16-14(19-13)11-4-7-18-8-5-11/h11,15H,3-10H2,1-2H3. The van der Waals surface area contributed by atoms with Crippen molar-refractivity contribution < 1.29 is 9.47 Å². The summed E-state index contributed by atoms with van der Waals surface area (Å²) in [6.45, 7) is 6.50. The number of aromatic nitrogens is 1. The predicted octanol–water partition coefficient (Wildman–Crippen LogP) is 2.68. The van der Waals surface area contributed by atoms with Gasteiger partial charge >= 0.3 is 0 Å². The van der Waals surface area contributed by atoms with Crippen molar-refractivity contribution in [3.63, 3.8) is 0 Å². The normalized spacial score (nSPS) is 16.9. The molecule has 0 aromatic carbocycles. The van der Waals surface area contributed by atoms with E-state index in [0.717, 1.165) is 51.3 Å². The Morgan fingerprint density at radius 2 is 2.21 bits per heavy atom. The average Bonchev–Trinajstić information content (AvgIpc) is 2.84. The zero-order chi connectivity index (χ0) is 13.5. The van der Waals surface area contributed by atoms with Crippen molar-refractivity contribution in [3.05, 3.63) is 15.6 Å². The Labute approximate surface area is 119 Å². The maximum absolute atomic E-state index is 5.43. The number of thiazole rings is 1. The Hall–Kier alpha value is -0.490. The van der Waals surface area contributed by atoms with Crippen LogP contribution in [0.5, 0.6) is 0 Å². The lowest BCUT2D eigenvalue weighted by molar-refractivity contribution is 0.0851. The molecule has 2 rings (SSSR count). The van der Waals surface area contributed by atoms with Crippen LogP contribution in [0, 0.1) is 0 Å². The lowest BCUT2D eigenvalue weighted by Gasteiger charge is -2.19. The highest BCUT2D eigenvalue weighted by Crippen LogP contribution is 2.32. The molecule has 108 valence electrons. The quantitative estimate of drug-likeness (QED) is 0.782. The number of nitrogens with one attached hydrogen (secondary N) is 1. The Morgan fingerprint density at radius 3 is 2.89 bits per heavy atom. The number of rotatable bonds is 7. The van der Waals surface area contributed by atoms with Gasteiger partial charge in [-0.05, 0) is 25.8 Å². The van der Waals surface area contributed by atoms with Gasteiger partial charge in [0, 0.05) is 37.7 Å². The van der Waals surface area contributed by atoms with E-state index in [0.29, 0.717) is 12.5 Å². The van der Waals surface area contributed by atoms with Crippen LogP contribution in [0.2, 0.25) is 0 Å². The minimum atomic E-state index is 0.578. The molecule has 4 nitrogen and oxygen atoms in total. The average molecular weight is 284 g/mol. The first-order valence-corrected chi connectivity index (χ1v) is 7.92. The minimum Gasteiger partial charge on any atom is -0.381 e. The van der Waals surface area contributed by atoms with Crippen molar-refractivity contribution in [2.75, 3.05) is 26.9 Å². The second-order valence-corrected chi connectivity index (χ2v) is 6.03. The van der Waals surface area contributed by atoms with E-state index in [4.69, 9.17) is 14.5 Å². The van der Waals surface area contributed by atoms with Gasteiger partial charge in [-0.2, -0.15) is 0 Å². The number of methoxy groups -OCH3 is 1. The third-order valence-corrected chi connectivity index (χ3v) is 4.62. The Bertz CT molecular complexity index is 376. The highest BCUT2D eigenvalue weighted by molar-refractivity contribution is 7.11. The summed E-state index contributed by atoms with van der Waals surface area (Å²) in [6, 6.07) is 0. The van der Waals surface area contributed by atoms with Crippen LogP contribution in [-0.2, 0) is 22.6 Å². The van der Waals surface area contributed by atoms with E-state index in [9.17, 15) is 0 Å². The summed E-state index contributed by atoms with van der Waals surface area (Å²) in [5, 5.41) is 4.72. The summed E-state index contributed by atoms with van der Waals surface area (Å²) in [4.78, 5) is 6.13. The van der Waals surface area contributed by atoms with Crippen LogP contribution in [0.3, 0.4) is 0 Å². The summed E-state index contributed by atoms with van der Waals surface area (Å²) in [5.74, 6) is 0.578. The molecule has 0 aliphatic carbocycles. The molecule has 0 spiro atoms. The van der Waals surface area contributed by atoms with Crippen LogP contribution in [0.1, 0.15) is 47.7 Å².